The summed E-state index contributed by atoms with van der Waals surface area (Å²) >= 11 is 0. The van der Waals surface area contributed by atoms with Crippen LogP contribution in [0.2, 0.25) is 0 Å². The quantitative estimate of drug-likeness (QED) is 0.312. The molecule has 2 N–H and O–H groups in total. The third-order valence-electron chi connectivity index (χ3n) is 4.99. The first-order valence-corrected chi connectivity index (χ1v) is 10.6. The minimum Gasteiger partial charge on any atom is -0.494 e. The topological polar surface area (TPSA) is 115 Å². The molecule has 8 nitrogen and oxygen atoms in total. The number of H-pyrrole nitrogens is 1. The fraction of sp³-hybridized carbons (Fsp3) is 0.417. The van der Waals surface area contributed by atoms with Crippen LogP contribution in [0.3, 0.4) is 0 Å². The second kappa shape index (κ2) is 11.3. The Morgan fingerprint density at radius 3 is 2.31 bits per heavy atom. The number of rotatable bonds is 11. The molecule has 0 radical (unpaired) electrons. The number of amides is 1. The van der Waals surface area contributed by atoms with E-state index in [2.05, 4.69) is 17.2 Å². The number of Topliss-reactive ketones (excluding diaryl/α,β-unsaturated/α-hetero) is 2. The zero-order valence-corrected chi connectivity index (χ0v) is 19.2. The summed E-state index contributed by atoms with van der Waals surface area (Å²) in [5, 5.41) is 2.48. The van der Waals surface area contributed by atoms with Crippen molar-refractivity contribution in [3.63, 3.8) is 0 Å². The number of carbonyl (C=O) groups excluding carboxylic acids is 4. The summed E-state index contributed by atoms with van der Waals surface area (Å²) in [7, 11) is 0. The van der Waals surface area contributed by atoms with Gasteiger partial charge in [0.1, 0.15) is 12.3 Å². The highest BCUT2D eigenvalue weighted by Gasteiger charge is 2.26. The molecule has 0 saturated heterocycles. The number of unbranched alkanes of at least 4 members (excludes halogenated alkanes) is 1. The van der Waals surface area contributed by atoms with Crippen LogP contribution >= 0.6 is 0 Å². The number of ketones is 2. The van der Waals surface area contributed by atoms with Crippen LogP contribution in [-0.2, 0) is 9.53 Å². The minimum absolute atomic E-state index is 0.150. The van der Waals surface area contributed by atoms with Gasteiger partial charge in [0, 0.05) is 16.8 Å². The zero-order valence-electron chi connectivity index (χ0n) is 19.2. The van der Waals surface area contributed by atoms with Gasteiger partial charge in [0.15, 0.2) is 11.9 Å². The maximum atomic E-state index is 12.7. The van der Waals surface area contributed by atoms with Gasteiger partial charge in [0.05, 0.1) is 12.3 Å². The van der Waals surface area contributed by atoms with E-state index < -0.39 is 23.8 Å². The van der Waals surface area contributed by atoms with Gasteiger partial charge in [-0.1, -0.05) is 13.3 Å². The number of carbonyl (C=O) groups is 4. The summed E-state index contributed by atoms with van der Waals surface area (Å²) in [5.41, 5.74) is 2.18. The van der Waals surface area contributed by atoms with Gasteiger partial charge in [0.2, 0.25) is 5.78 Å². The molecule has 2 rings (SSSR count). The summed E-state index contributed by atoms with van der Waals surface area (Å²) in [6.45, 7) is 8.55. The molecule has 172 valence electrons. The van der Waals surface area contributed by atoms with Crippen molar-refractivity contribution >= 4 is 23.4 Å². The Bertz CT molecular complexity index is 991. The average molecular weight is 443 g/mol. The molecule has 1 atom stereocenters. The molecule has 0 aliphatic carbocycles. The predicted octanol–water partition coefficient (Wildman–Crippen LogP) is 3.56. The van der Waals surface area contributed by atoms with E-state index in [1.54, 1.807) is 38.1 Å². The number of aromatic nitrogens is 1. The van der Waals surface area contributed by atoms with Crippen molar-refractivity contribution < 1.29 is 28.7 Å². The Kier molecular flexibility index (Phi) is 8.75. The first-order valence-electron chi connectivity index (χ1n) is 10.6. The molecule has 0 spiro atoms. The minimum atomic E-state index is -1.07. The Morgan fingerprint density at radius 1 is 1.09 bits per heavy atom. The third kappa shape index (κ3) is 6.29. The zero-order chi connectivity index (χ0) is 23.8. The number of aryl methyl sites for hydroxylation is 1. The van der Waals surface area contributed by atoms with Crippen LogP contribution in [0.15, 0.2) is 24.3 Å². The van der Waals surface area contributed by atoms with Gasteiger partial charge in [-0.25, -0.2) is 0 Å². The largest absolute Gasteiger partial charge is 0.494 e. The Morgan fingerprint density at radius 2 is 1.75 bits per heavy atom. The van der Waals surface area contributed by atoms with E-state index in [-0.39, 0.29) is 18.0 Å². The van der Waals surface area contributed by atoms with Crippen LogP contribution in [0, 0.1) is 13.8 Å². The SMILES string of the molecule is CCCCOc1ccc(C(=O)NCC(=O)OC(C)C(=O)c2[nH]c(C)c(C(C)=O)c2C)cc1. The van der Waals surface area contributed by atoms with Crippen molar-refractivity contribution in [1.82, 2.24) is 10.3 Å². The Hall–Kier alpha value is -3.42. The van der Waals surface area contributed by atoms with Crippen molar-refractivity contribution in [2.45, 2.75) is 53.6 Å². The van der Waals surface area contributed by atoms with Gasteiger partial charge in [-0.3, -0.25) is 19.2 Å². The van der Waals surface area contributed by atoms with Crippen molar-refractivity contribution in [2.75, 3.05) is 13.2 Å². The standard InChI is InChI=1S/C24H30N2O6/c1-6-7-12-31-19-10-8-18(9-11-19)24(30)25-13-20(28)32-17(5)23(29)22-14(2)21(16(4)27)15(3)26-22/h8-11,17,26H,6-7,12-13H2,1-5H3,(H,25,30). The molecule has 0 fully saturated rings. The summed E-state index contributed by atoms with van der Waals surface area (Å²) in [6, 6.07) is 6.60. The lowest BCUT2D eigenvalue weighted by Crippen LogP contribution is -2.34. The molecular weight excluding hydrogens is 412 g/mol. The normalized spacial score (nSPS) is 11.5. The molecule has 1 aromatic carbocycles. The highest BCUT2D eigenvalue weighted by molar-refractivity contribution is 6.05. The average Bonchev–Trinajstić information content (AvgIpc) is 3.06. The number of ether oxygens (including phenoxy) is 2. The molecule has 0 saturated carbocycles. The third-order valence-corrected chi connectivity index (χ3v) is 4.99. The number of aromatic amines is 1. The van der Waals surface area contributed by atoms with Gasteiger partial charge in [-0.2, -0.15) is 0 Å². The van der Waals surface area contributed by atoms with E-state index in [0.29, 0.717) is 34.7 Å². The number of hydrogen-bond donors (Lipinski definition) is 2. The van der Waals surface area contributed by atoms with Crippen LogP contribution in [0.1, 0.15) is 76.1 Å². The molecule has 0 bridgehead atoms. The van der Waals surface area contributed by atoms with Gasteiger partial charge in [0.25, 0.3) is 5.91 Å². The van der Waals surface area contributed by atoms with Crippen LogP contribution in [0.25, 0.3) is 0 Å². The number of esters is 1. The van der Waals surface area contributed by atoms with Gasteiger partial charge in [-0.15, -0.1) is 0 Å². The number of hydrogen-bond acceptors (Lipinski definition) is 6. The summed E-state index contributed by atoms with van der Waals surface area (Å²) in [6.07, 6.45) is 0.909. The van der Waals surface area contributed by atoms with Crippen LogP contribution in [0.5, 0.6) is 5.75 Å². The van der Waals surface area contributed by atoms with Crippen molar-refractivity contribution in [1.29, 1.82) is 0 Å². The predicted molar refractivity (Wildman–Crippen MR) is 119 cm³/mol. The molecular formula is C24H30N2O6. The van der Waals surface area contributed by atoms with Crippen LogP contribution in [-0.4, -0.2) is 47.7 Å². The van der Waals surface area contributed by atoms with E-state index >= 15 is 0 Å². The molecule has 2 aromatic rings. The fourth-order valence-electron chi connectivity index (χ4n) is 3.31. The Balaban J connectivity index is 1.88. The molecule has 1 amide bonds. The molecule has 1 aromatic heterocycles. The molecule has 8 heteroatoms. The second-order valence-corrected chi connectivity index (χ2v) is 7.59. The molecule has 1 heterocycles. The monoisotopic (exact) mass is 442 g/mol. The number of nitrogens with one attached hydrogen (secondary N) is 2. The Labute approximate surface area is 187 Å². The summed E-state index contributed by atoms with van der Waals surface area (Å²) in [4.78, 5) is 51.7. The van der Waals surface area contributed by atoms with Gasteiger partial charge < -0.3 is 19.8 Å². The molecule has 0 aliphatic heterocycles. The maximum Gasteiger partial charge on any atom is 0.326 e. The van der Waals surface area contributed by atoms with Gasteiger partial charge in [-0.05, 0) is 63.9 Å². The fourth-order valence-corrected chi connectivity index (χ4v) is 3.31. The highest BCUT2D eigenvalue weighted by Crippen LogP contribution is 2.20. The lowest BCUT2D eigenvalue weighted by molar-refractivity contribution is -0.145. The smallest absolute Gasteiger partial charge is 0.326 e. The second-order valence-electron chi connectivity index (χ2n) is 7.59. The first-order chi connectivity index (χ1) is 15.1. The summed E-state index contributed by atoms with van der Waals surface area (Å²) in [5.74, 6) is -1.11. The van der Waals surface area contributed by atoms with Crippen molar-refractivity contribution in [3.8, 4) is 5.75 Å². The lowest BCUT2D eigenvalue weighted by atomic mass is 10.0. The van der Waals surface area contributed by atoms with Crippen molar-refractivity contribution in [3.05, 3.63) is 52.3 Å². The molecule has 1 unspecified atom stereocenters. The van der Waals surface area contributed by atoms with E-state index in [9.17, 15) is 19.2 Å². The van der Waals surface area contributed by atoms with E-state index in [1.165, 1.54) is 13.8 Å². The lowest BCUT2D eigenvalue weighted by Gasteiger charge is -2.13. The van der Waals surface area contributed by atoms with E-state index in [0.717, 1.165) is 12.8 Å². The van der Waals surface area contributed by atoms with Gasteiger partial charge >= 0.3 is 5.97 Å². The van der Waals surface area contributed by atoms with Crippen LogP contribution < -0.4 is 10.1 Å². The molecule has 32 heavy (non-hydrogen) atoms. The first kappa shape index (κ1) is 24.8. The van der Waals surface area contributed by atoms with Crippen LogP contribution in [0.4, 0.5) is 0 Å². The highest BCUT2D eigenvalue weighted by atomic mass is 16.5. The maximum absolute atomic E-state index is 12.7. The number of benzene rings is 1. The summed E-state index contributed by atoms with van der Waals surface area (Å²) < 4.78 is 10.7. The van der Waals surface area contributed by atoms with E-state index in [4.69, 9.17) is 9.47 Å². The molecule has 0 aliphatic rings. The van der Waals surface area contributed by atoms with Crippen molar-refractivity contribution in [2.24, 2.45) is 0 Å². The van der Waals surface area contributed by atoms with E-state index in [1.807, 2.05) is 0 Å².